The van der Waals surface area contributed by atoms with Crippen molar-refractivity contribution in [1.29, 1.82) is 0 Å². The Morgan fingerprint density at radius 2 is 2.11 bits per heavy atom. The Kier molecular flexibility index (Phi) is 6.31. The highest BCUT2D eigenvalue weighted by atomic mass is 79.9. The van der Waals surface area contributed by atoms with E-state index in [0.29, 0.717) is 18.8 Å². The van der Waals surface area contributed by atoms with Crippen LogP contribution in [0.1, 0.15) is 38.8 Å². The second-order valence-electron chi connectivity index (χ2n) is 4.24. The van der Waals surface area contributed by atoms with Crippen LogP contribution in [0.2, 0.25) is 0 Å². The number of carbonyl (C=O) groups excluding carboxylic acids is 1. The first kappa shape index (κ1) is 16.0. The number of hydrogen-bond acceptors (Lipinski definition) is 4. The Balaban J connectivity index is 2.95. The van der Waals surface area contributed by atoms with Crippen LogP contribution in [-0.2, 0) is 9.53 Å². The van der Waals surface area contributed by atoms with Crippen molar-refractivity contribution in [2.75, 3.05) is 6.61 Å². The fourth-order valence-electron chi connectivity index (χ4n) is 1.67. The van der Waals surface area contributed by atoms with Crippen molar-refractivity contribution in [3.8, 4) is 5.75 Å². The van der Waals surface area contributed by atoms with E-state index in [2.05, 4.69) is 15.9 Å². The zero-order valence-corrected chi connectivity index (χ0v) is 13.1. The molecule has 0 saturated heterocycles. The highest BCUT2D eigenvalue weighted by Crippen LogP contribution is 2.29. The Labute approximate surface area is 122 Å². The first-order valence-electron chi connectivity index (χ1n) is 6.37. The SMILES string of the molecule is CCOC(=O)C(CC)Oc1cc(Br)ccc1[C@@H](C)N. The third-order valence-corrected chi connectivity index (χ3v) is 3.15. The van der Waals surface area contributed by atoms with Crippen molar-refractivity contribution < 1.29 is 14.3 Å². The fourth-order valence-corrected chi connectivity index (χ4v) is 2.01. The molecule has 1 aromatic rings. The maximum Gasteiger partial charge on any atom is 0.347 e. The van der Waals surface area contributed by atoms with Crippen molar-refractivity contribution in [2.24, 2.45) is 5.73 Å². The van der Waals surface area contributed by atoms with Gasteiger partial charge in [-0.3, -0.25) is 0 Å². The van der Waals surface area contributed by atoms with Crippen LogP contribution in [0.25, 0.3) is 0 Å². The fraction of sp³-hybridized carbons (Fsp3) is 0.500. The van der Waals surface area contributed by atoms with Crippen molar-refractivity contribution in [1.82, 2.24) is 0 Å². The number of carbonyl (C=O) groups is 1. The van der Waals surface area contributed by atoms with Crippen molar-refractivity contribution in [3.05, 3.63) is 28.2 Å². The van der Waals surface area contributed by atoms with E-state index >= 15 is 0 Å². The molecule has 0 aliphatic carbocycles. The molecule has 1 rings (SSSR count). The van der Waals surface area contributed by atoms with E-state index in [9.17, 15) is 4.79 Å². The summed E-state index contributed by atoms with van der Waals surface area (Å²) in [6.45, 7) is 5.88. The molecule has 106 valence electrons. The van der Waals surface area contributed by atoms with Crippen molar-refractivity contribution in [3.63, 3.8) is 0 Å². The zero-order chi connectivity index (χ0) is 14.4. The van der Waals surface area contributed by atoms with Gasteiger partial charge in [-0.15, -0.1) is 0 Å². The van der Waals surface area contributed by atoms with Gasteiger partial charge in [-0.05, 0) is 32.4 Å². The highest BCUT2D eigenvalue weighted by molar-refractivity contribution is 9.10. The lowest BCUT2D eigenvalue weighted by atomic mass is 10.1. The van der Waals surface area contributed by atoms with Crippen LogP contribution in [-0.4, -0.2) is 18.7 Å². The van der Waals surface area contributed by atoms with E-state index < -0.39 is 6.10 Å². The summed E-state index contributed by atoms with van der Waals surface area (Å²) in [5.41, 5.74) is 6.77. The Hall–Kier alpha value is -1.07. The Morgan fingerprint density at radius 3 is 2.63 bits per heavy atom. The van der Waals surface area contributed by atoms with E-state index in [1.165, 1.54) is 0 Å². The minimum Gasteiger partial charge on any atom is -0.478 e. The lowest BCUT2D eigenvalue weighted by molar-refractivity contribution is -0.151. The number of benzene rings is 1. The summed E-state index contributed by atoms with van der Waals surface area (Å²) in [5, 5.41) is 0. The molecule has 19 heavy (non-hydrogen) atoms. The predicted molar refractivity (Wildman–Crippen MR) is 78.1 cm³/mol. The summed E-state index contributed by atoms with van der Waals surface area (Å²) in [6.07, 6.45) is -0.0595. The molecule has 1 unspecified atom stereocenters. The molecule has 0 heterocycles. The number of halogens is 1. The van der Waals surface area contributed by atoms with Gasteiger partial charge in [0, 0.05) is 16.1 Å². The molecular formula is C14H20BrNO3. The van der Waals surface area contributed by atoms with Crippen LogP contribution in [0.5, 0.6) is 5.75 Å². The molecule has 0 aliphatic heterocycles. The third kappa shape index (κ3) is 4.51. The van der Waals surface area contributed by atoms with Gasteiger partial charge in [0.2, 0.25) is 0 Å². The van der Waals surface area contributed by atoms with Crippen LogP contribution < -0.4 is 10.5 Å². The maximum absolute atomic E-state index is 11.8. The molecule has 0 amide bonds. The van der Waals surface area contributed by atoms with Gasteiger partial charge >= 0.3 is 5.97 Å². The molecule has 0 aromatic heterocycles. The second kappa shape index (κ2) is 7.50. The maximum atomic E-state index is 11.8. The predicted octanol–water partition coefficient (Wildman–Crippen LogP) is 3.19. The summed E-state index contributed by atoms with van der Waals surface area (Å²) in [4.78, 5) is 11.8. The lowest BCUT2D eigenvalue weighted by Gasteiger charge is -2.20. The van der Waals surface area contributed by atoms with E-state index in [1.807, 2.05) is 32.0 Å². The van der Waals surface area contributed by atoms with Gasteiger partial charge in [-0.1, -0.05) is 28.9 Å². The summed E-state index contributed by atoms with van der Waals surface area (Å²) in [5.74, 6) is 0.268. The zero-order valence-electron chi connectivity index (χ0n) is 11.5. The molecule has 4 nitrogen and oxygen atoms in total. The second-order valence-corrected chi connectivity index (χ2v) is 5.15. The average Bonchev–Trinajstić information content (AvgIpc) is 2.35. The quantitative estimate of drug-likeness (QED) is 0.814. The van der Waals surface area contributed by atoms with Crippen LogP contribution in [0.4, 0.5) is 0 Å². The van der Waals surface area contributed by atoms with Crippen LogP contribution in [0.3, 0.4) is 0 Å². The van der Waals surface area contributed by atoms with Gasteiger partial charge in [0.05, 0.1) is 6.61 Å². The molecule has 0 saturated carbocycles. The largest absolute Gasteiger partial charge is 0.478 e. The molecule has 0 radical (unpaired) electrons. The molecule has 0 fully saturated rings. The first-order valence-corrected chi connectivity index (χ1v) is 7.17. The minimum atomic E-state index is -0.605. The van der Waals surface area contributed by atoms with Gasteiger partial charge in [-0.25, -0.2) is 4.79 Å². The lowest BCUT2D eigenvalue weighted by Crippen LogP contribution is -2.29. The molecule has 1 aromatic carbocycles. The van der Waals surface area contributed by atoms with E-state index in [1.54, 1.807) is 6.92 Å². The van der Waals surface area contributed by atoms with Gasteiger partial charge in [-0.2, -0.15) is 0 Å². The number of ether oxygens (including phenoxy) is 2. The topological polar surface area (TPSA) is 61.5 Å². The van der Waals surface area contributed by atoms with E-state index in [-0.39, 0.29) is 12.0 Å². The Morgan fingerprint density at radius 1 is 1.42 bits per heavy atom. The van der Waals surface area contributed by atoms with Gasteiger partial charge in [0.1, 0.15) is 5.75 Å². The summed E-state index contributed by atoms with van der Waals surface area (Å²) >= 11 is 3.39. The molecule has 0 aliphatic rings. The summed E-state index contributed by atoms with van der Waals surface area (Å²) in [7, 11) is 0. The van der Waals surface area contributed by atoms with Gasteiger partial charge < -0.3 is 15.2 Å². The van der Waals surface area contributed by atoms with E-state index in [4.69, 9.17) is 15.2 Å². The van der Waals surface area contributed by atoms with Crippen molar-refractivity contribution >= 4 is 21.9 Å². The molecule has 0 spiro atoms. The minimum absolute atomic E-state index is 0.164. The van der Waals surface area contributed by atoms with Crippen LogP contribution in [0.15, 0.2) is 22.7 Å². The number of esters is 1. The first-order chi connectivity index (χ1) is 8.99. The van der Waals surface area contributed by atoms with Crippen molar-refractivity contribution in [2.45, 2.75) is 39.3 Å². The number of nitrogens with two attached hydrogens (primary N) is 1. The average molecular weight is 330 g/mol. The molecule has 0 bridgehead atoms. The smallest absolute Gasteiger partial charge is 0.347 e. The van der Waals surface area contributed by atoms with Gasteiger partial charge in [0.15, 0.2) is 6.10 Å². The van der Waals surface area contributed by atoms with Crippen LogP contribution in [0, 0.1) is 0 Å². The standard InChI is InChI=1S/C14H20BrNO3/c1-4-12(14(17)18-5-2)19-13-8-10(15)6-7-11(13)9(3)16/h6-9,12H,4-5,16H2,1-3H3/t9-,12?/m1/s1. The Bertz CT molecular complexity index is 435. The normalized spacial score (nSPS) is 13.7. The summed E-state index contributed by atoms with van der Waals surface area (Å²) in [6, 6.07) is 5.45. The highest BCUT2D eigenvalue weighted by Gasteiger charge is 2.21. The van der Waals surface area contributed by atoms with Crippen LogP contribution >= 0.6 is 15.9 Å². The van der Waals surface area contributed by atoms with E-state index in [0.717, 1.165) is 10.0 Å². The monoisotopic (exact) mass is 329 g/mol. The number of hydrogen-bond donors (Lipinski definition) is 1. The summed E-state index contributed by atoms with van der Waals surface area (Å²) < 4.78 is 11.6. The number of rotatable bonds is 6. The third-order valence-electron chi connectivity index (χ3n) is 2.66. The van der Waals surface area contributed by atoms with Gasteiger partial charge in [0.25, 0.3) is 0 Å². The molecule has 2 N–H and O–H groups in total. The molecular weight excluding hydrogens is 310 g/mol. The molecule has 2 atom stereocenters. The molecule has 5 heteroatoms.